The Morgan fingerprint density at radius 3 is 2.74 bits per heavy atom. The summed E-state index contributed by atoms with van der Waals surface area (Å²) in [6, 6.07) is 13.1. The van der Waals surface area contributed by atoms with E-state index < -0.39 is 6.09 Å². The molecule has 1 heterocycles. The first kappa shape index (κ1) is 14.9. The Hall–Kier alpha value is -3.02. The average molecular weight is 311 g/mol. The molecule has 2 N–H and O–H groups in total. The Morgan fingerprint density at radius 1 is 1.26 bits per heavy atom. The summed E-state index contributed by atoms with van der Waals surface area (Å²) < 4.78 is 0. The predicted molar refractivity (Wildman–Crippen MR) is 87.3 cm³/mol. The summed E-state index contributed by atoms with van der Waals surface area (Å²) in [5.74, 6) is 1.08. The Labute approximate surface area is 133 Å². The van der Waals surface area contributed by atoms with Gasteiger partial charge in [0.2, 0.25) is 0 Å². The molecule has 118 valence electrons. The van der Waals surface area contributed by atoms with Gasteiger partial charge in [-0.05, 0) is 37.6 Å². The van der Waals surface area contributed by atoms with Gasteiger partial charge in [-0.3, -0.25) is 0 Å². The minimum Gasteiger partial charge on any atom is -0.463 e. The van der Waals surface area contributed by atoms with Gasteiger partial charge in [-0.25, -0.2) is 9.78 Å². The molecule has 0 unspecified atom stereocenters. The maximum Gasteiger partial charge on any atom is 0.440 e. The molecule has 1 aromatic heterocycles. The van der Waals surface area contributed by atoms with Crippen molar-refractivity contribution in [1.82, 2.24) is 15.0 Å². The number of amides is 1. The van der Waals surface area contributed by atoms with Gasteiger partial charge in [0.25, 0.3) is 0 Å². The topological polar surface area (TPSA) is 78.5 Å². The van der Waals surface area contributed by atoms with E-state index >= 15 is 0 Å². The van der Waals surface area contributed by atoms with Gasteiger partial charge < -0.3 is 14.9 Å². The van der Waals surface area contributed by atoms with E-state index in [9.17, 15) is 4.79 Å². The molecule has 0 aliphatic carbocycles. The molecule has 0 radical (unpaired) electrons. The lowest BCUT2D eigenvalue weighted by molar-refractivity contribution is -0.0310. The number of hydrogen-bond donors (Lipinski definition) is 2. The number of fused-ring (bicyclic) bond motifs is 1. The van der Waals surface area contributed by atoms with E-state index in [4.69, 9.17) is 9.94 Å². The van der Waals surface area contributed by atoms with Crippen molar-refractivity contribution in [2.24, 2.45) is 0 Å². The minimum absolute atomic E-state index is 0.225. The van der Waals surface area contributed by atoms with E-state index in [0.29, 0.717) is 17.1 Å². The second-order valence-corrected chi connectivity index (χ2v) is 5.12. The summed E-state index contributed by atoms with van der Waals surface area (Å²) in [4.78, 5) is 24.5. The lowest BCUT2D eigenvalue weighted by Gasteiger charge is -2.18. The van der Waals surface area contributed by atoms with Crippen LogP contribution in [0.15, 0.2) is 42.5 Å². The molecule has 0 saturated carbocycles. The van der Waals surface area contributed by atoms with E-state index in [1.165, 1.54) is 0 Å². The molecule has 0 aliphatic heterocycles. The lowest BCUT2D eigenvalue weighted by atomic mass is 10.2. The highest BCUT2D eigenvalue weighted by atomic mass is 16.7. The molecule has 1 amide bonds. The van der Waals surface area contributed by atoms with Crippen molar-refractivity contribution < 1.29 is 14.7 Å². The molecule has 0 atom stereocenters. The van der Waals surface area contributed by atoms with Crippen LogP contribution in [0.5, 0.6) is 5.75 Å². The number of aryl methyl sites for hydroxylation is 1. The molecule has 6 heteroatoms. The van der Waals surface area contributed by atoms with Crippen molar-refractivity contribution in [3.05, 3.63) is 48.0 Å². The van der Waals surface area contributed by atoms with Crippen molar-refractivity contribution in [2.45, 2.75) is 13.8 Å². The molecule has 0 aliphatic rings. The zero-order chi connectivity index (χ0) is 16.4. The molecule has 0 saturated heterocycles. The first-order valence-corrected chi connectivity index (χ1v) is 7.33. The number of hydroxylamine groups is 2. The molecule has 3 aromatic rings. The fraction of sp³-hybridized carbons (Fsp3) is 0.176. The van der Waals surface area contributed by atoms with Gasteiger partial charge in [0.1, 0.15) is 5.82 Å². The third-order valence-corrected chi connectivity index (χ3v) is 3.57. The van der Waals surface area contributed by atoms with E-state index in [2.05, 4.69) is 9.97 Å². The summed E-state index contributed by atoms with van der Waals surface area (Å²) in [5, 5.41) is 10.0. The van der Waals surface area contributed by atoms with Gasteiger partial charge in [0, 0.05) is 0 Å². The predicted octanol–water partition coefficient (Wildman–Crippen LogP) is 3.83. The van der Waals surface area contributed by atoms with Crippen LogP contribution < -0.4 is 4.84 Å². The fourth-order valence-electron chi connectivity index (χ4n) is 2.40. The molecule has 2 aromatic carbocycles. The monoisotopic (exact) mass is 311 g/mol. The molecular formula is C17H17N3O3. The van der Waals surface area contributed by atoms with Crippen molar-refractivity contribution in [2.75, 3.05) is 6.54 Å². The Bertz CT molecular complexity index is 857. The highest BCUT2D eigenvalue weighted by molar-refractivity contribution is 5.83. The first-order valence-electron chi connectivity index (χ1n) is 7.33. The van der Waals surface area contributed by atoms with Crippen LogP contribution in [-0.2, 0) is 0 Å². The zero-order valence-corrected chi connectivity index (χ0v) is 12.9. The normalized spacial score (nSPS) is 10.7. The number of H-pyrrole nitrogens is 1. The summed E-state index contributed by atoms with van der Waals surface area (Å²) in [6.07, 6.45) is -1.14. The quantitative estimate of drug-likeness (QED) is 0.718. The molecule has 3 rings (SSSR count). The minimum atomic E-state index is -1.14. The number of benzene rings is 2. The van der Waals surface area contributed by atoms with Gasteiger partial charge in [-0.15, -0.1) is 5.06 Å². The Kier molecular flexibility index (Phi) is 3.89. The summed E-state index contributed by atoms with van der Waals surface area (Å²) in [7, 11) is 0. The number of hydrogen-bond acceptors (Lipinski definition) is 3. The van der Waals surface area contributed by atoms with Crippen molar-refractivity contribution >= 4 is 17.1 Å². The summed E-state index contributed by atoms with van der Waals surface area (Å²) in [5.41, 5.74) is 3.61. The number of aromatic amines is 1. The smallest absolute Gasteiger partial charge is 0.440 e. The third kappa shape index (κ3) is 2.83. The van der Waals surface area contributed by atoms with Gasteiger partial charge in [-0.2, -0.15) is 0 Å². The summed E-state index contributed by atoms with van der Waals surface area (Å²) in [6.45, 7) is 3.93. The molecular weight excluding hydrogens is 294 g/mol. The fourth-order valence-corrected chi connectivity index (χ4v) is 2.40. The number of nitrogens with zero attached hydrogens (tertiary/aromatic N) is 2. The maximum absolute atomic E-state index is 11.1. The Morgan fingerprint density at radius 2 is 2.04 bits per heavy atom. The second kappa shape index (κ2) is 6.00. The standard InChI is InChI=1S/C17H17N3O3/c1-3-20(17(21)22)23-14-10-5-4-8-12(14)16-18-13-9-6-7-11(2)15(13)19-16/h4-10H,3H2,1-2H3,(H,18,19)(H,21,22). The van der Waals surface area contributed by atoms with Crippen LogP contribution in [0.2, 0.25) is 0 Å². The highest BCUT2D eigenvalue weighted by Gasteiger charge is 2.16. The van der Waals surface area contributed by atoms with Crippen molar-refractivity contribution in [3.63, 3.8) is 0 Å². The van der Waals surface area contributed by atoms with Crippen LogP contribution >= 0.6 is 0 Å². The van der Waals surface area contributed by atoms with Crippen LogP contribution in [0.1, 0.15) is 12.5 Å². The Balaban J connectivity index is 2.05. The second-order valence-electron chi connectivity index (χ2n) is 5.12. The highest BCUT2D eigenvalue weighted by Crippen LogP contribution is 2.30. The van der Waals surface area contributed by atoms with Crippen molar-refractivity contribution in [3.8, 4) is 17.1 Å². The zero-order valence-electron chi connectivity index (χ0n) is 12.9. The van der Waals surface area contributed by atoms with E-state index in [-0.39, 0.29) is 6.54 Å². The largest absolute Gasteiger partial charge is 0.463 e. The number of rotatable bonds is 4. The van der Waals surface area contributed by atoms with Crippen LogP contribution in [0.25, 0.3) is 22.4 Å². The van der Waals surface area contributed by atoms with Crippen LogP contribution in [-0.4, -0.2) is 32.8 Å². The average Bonchev–Trinajstić information content (AvgIpc) is 2.98. The molecule has 6 nitrogen and oxygen atoms in total. The number of nitrogens with one attached hydrogen (secondary N) is 1. The van der Waals surface area contributed by atoms with Crippen molar-refractivity contribution in [1.29, 1.82) is 0 Å². The number of carbonyl (C=O) groups is 1. The van der Waals surface area contributed by atoms with E-state index in [0.717, 1.165) is 21.7 Å². The lowest BCUT2D eigenvalue weighted by Crippen LogP contribution is -2.32. The third-order valence-electron chi connectivity index (χ3n) is 3.57. The van der Waals surface area contributed by atoms with E-state index in [1.54, 1.807) is 19.1 Å². The number of para-hydroxylation sites is 2. The van der Waals surface area contributed by atoms with Crippen LogP contribution in [0, 0.1) is 6.92 Å². The number of carboxylic acid groups (broad SMARTS) is 1. The van der Waals surface area contributed by atoms with Crippen LogP contribution in [0.4, 0.5) is 4.79 Å². The van der Waals surface area contributed by atoms with Gasteiger partial charge >= 0.3 is 6.09 Å². The summed E-state index contributed by atoms with van der Waals surface area (Å²) >= 11 is 0. The SMILES string of the molecule is CCN(Oc1ccccc1-c1nc2c(C)cccc2[nH]1)C(=O)O. The van der Waals surface area contributed by atoms with Gasteiger partial charge in [-0.1, -0.05) is 24.3 Å². The number of imidazole rings is 1. The maximum atomic E-state index is 11.1. The molecule has 23 heavy (non-hydrogen) atoms. The van der Waals surface area contributed by atoms with Crippen LogP contribution in [0.3, 0.4) is 0 Å². The molecule has 0 bridgehead atoms. The number of aromatic nitrogens is 2. The van der Waals surface area contributed by atoms with Gasteiger partial charge in [0.05, 0.1) is 23.1 Å². The van der Waals surface area contributed by atoms with Gasteiger partial charge in [0.15, 0.2) is 5.75 Å². The first-order chi connectivity index (χ1) is 11.1. The molecule has 0 spiro atoms. The van der Waals surface area contributed by atoms with E-state index in [1.807, 2.05) is 37.3 Å². The molecule has 0 fully saturated rings.